The summed E-state index contributed by atoms with van der Waals surface area (Å²) in [5, 5.41) is 8.83. The third-order valence-corrected chi connectivity index (χ3v) is 5.26. The SMILES string of the molecule is CCn1c(SCC(=O)NNC(=O)COc2ccc(C)c(C)c2)nnc1-c1ccco1. The molecule has 0 spiro atoms. The Morgan fingerprint density at radius 1 is 1.13 bits per heavy atom. The van der Waals surface area contributed by atoms with Crippen LogP contribution in [0.4, 0.5) is 0 Å². The number of hydrazine groups is 1. The summed E-state index contributed by atoms with van der Waals surface area (Å²) < 4.78 is 12.7. The molecular formula is C20H23N5O4S. The quantitative estimate of drug-likeness (QED) is 0.418. The fourth-order valence-electron chi connectivity index (χ4n) is 2.56. The van der Waals surface area contributed by atoms with Crippen LogP contribution in [0.5, 0.6) is 5.75 Å². The maximum absolute atomic E-state index is 12.0. The summed E-state index contributed by atoms with van der Waals surface area (Å²) in [6.45, 7) is 6.35. The van der Waals surface area contributed by atoms with Gasteiger partial charge in [0.1, 0.15) is 5.75 Å². The minimum atomic E-state index is -0.455. The lowest BCUT2D eigenvalue weighted by Gasteiger charge is -2.10. The zero-order valence-corrected chi connectivity index (χ0v) is 17.8. The van der Waals surface area contributed by atoms with Crippen LogP contribution in [0.15, 0.2) is 46.2 Å². The van der Waals surface area contributed by atoms with Gasteiger partial charge in [-0.05, 0) is 56.2 Å². The smallest absolute Gasteiger partial charge is 0.276 e. The van der Waals surface area contributed by atoms with Gasteiger partial charge in [-0.2, -0.15) is 0 Å². The monoisotopic (exact) mass is 429 g/mol. The molecule has 0 aliphatic rings. The molecule has 30 heavy (non-hydrogen) atoms. The zero-order valence-electron chi connectivity index (χ0n) is 17.0. The Kier molecular flexibility index (Phi) is 7.12. The van der Waals surface area contributed by atoms with Crippen molar-refractivity contribution in [3.63, 3.8) is 0 Å². The lowest BCUT2D eigenvalue weighted by Crippen LogP contribution is -2.44. The predicted octanol–water partition coefficient (Wildman–Crippen LogP) is 2.49. The third kappa shape index (κ3) is 5.41. The molecule has 2 aromatic heterocycles. The van der Waals surface area contributed by atoms with E-state index in [-0.39, 0.29) is 18.3 Å². The van der Waals surface area contributed by atoms with E-state index >= 15 is 0 Å². The second-order valence-electron chi connectivity index (χ2n) is 6.45. The molecule has 0 aliphatic carbocycles. The van der Waals surface area contributed by atoms with Gasteiger partial charge in [-0.25, -0.2) is 0 Å². The van der Waals surface area contributed by atoms with E-state index in [0.29, 0.717) is 29.0 Å². The average Bonchev–Trinajstić information content (AvgIpc) is 3.40. The van der Waals surface area contributed by atoms with E-state index in [0.717, 1.165) is 11.1 Å². The Bertz CT molecular complexity index is 1020. The van der Waals surface area contributed by atoms with Crippen LogP contribution >= 0.6 is 11.8 Å². The van der Waals surface area contributed by atoms with E-state index in [1.807, 2.05) is 37.5 Å². The van der Waals surface area contributed by atoms with Crippen LogP contribution in [0.3, 0.4) is 0 Å². The van der Waals surface area contributed by atoms with E-state index in [9.17, 15) is 9.59 Å². The van der Waals surface area contributed by atoms with Crippen molar-refractivity contribution in [2.75, 3.05) is 12.4 Å². The number of hydrogen-bond donors (Lipinski definition) is 2. The van der Waals surface area contributed by atoms with Crippen molar-refractivity contribution in [3.8, 4) is 17.3 Å². The number of amides is 2. The summed E-state index contributed by atoms with van der Waals surface area (Å²) in [5.41, 5.74) is 6.92. The number of nitrogens with zero attached hydrogens (tertiary/aromatic N) is 3. The lowest BCUT2D eigenvalue weighted by atomic mass is 10.1. The molecule has 0 unspecified atom stereocenters. The van der Waals surface area contributed by atoms with Crippen molar-refractivity contribution in [3.05, 3.63) is 47.7 Å². The molecule has 158 valence electrons. The summed E-state index contributed by atoms with van der Waals surface area (Å²) in [7, 11) is 0. The van der Waals surface area contributed by atoms with Crippen LogP contribution in [0.25, 0.3) is 11.6 Å². The van der Waals surface area contributed by atoms with Gasteiger partial charge in [0.2, 0.25) is 5.91 Å². The van der Waals surface area contributed by atoms with E-state index in [4.69, 9.17) is 9.15 Å². The molecule has 0 saturated heterocycles. The molecule has 2 heterocycles. The summed E-state index contributed by atoms with van der Waals surface area (Å²) in [6, 6.07) is 9.15. The van der Waals surface area contributed by atoms with E-state index in [1.165, 1.54) is 11.8 Å². The van der Waals surface area contributed by atoms with Gasteiger partial charge in [-0.3, -0.25) is 25.0 Å². The standard InChI is InChI=1S/C20H23N5O4S/c1-4-25-19(16-6-5-9-28-16)23-24-20(25)30-12-18(27)22-21-17(26)11-29-15-8-7-13(2)14(3)10-15/h5-10H,4,11-12H2,1-3H3,(H,21,26)(H,22,27). The van der Waals surface area contributed by atoms with Gasteiger partial charge in [-0.1, -0.05) is 17.8 Å². The first-order chi connectivity index (χ1) is 14.5. The molecule has 0 atom stereocenters. The highest BCUT2D eigenvalue weighted by Crippen LogP contribution is 2.24. The number of hydrogen-bond acceptors (Lipinski definition) is 7. The fraction of sp³-hybridized carbons (Fsp3) is 0.300. The molecule has 1 aromatic carbocycles. The van der Waals surface area contributed by atoms with Crippen molar-refractivity contribution in [2.24, 2.45) is 0 Å². The summed E-state index contributed by atoms with van der Waals surface area (Å²) in [4.78, 5) is 23.9. The maximum Gasteiger partial charge on any atom is 0.276 e. The molecule has 2 N–H and O–H groups in total. The van der Waals surface area contributed by atoms with E-state index in [1.54, 1.807) is 24.5 Å². The molecule has 0 aliphatic heterocycles. The number of furan rings is 1. The Morgan fingerprint density at radius 2 is 1.93 bits per heavy atom. The molecule has 10 heteroatoms. The van der Waals surface area contributed by atoms with Gasteiger partial charge in [0, 0.05) is 6.54 Å². The van der Waals surface area contributed by atoms with Crippen LogP contribution in [0, 0.1) is 13.8 Å². The number of aryl methyl sites for hydroxylation is 2. The number of benzene rings is 1. The van der Waals surface area contributed by atoms with E-state index < -0.39 is 5.91 Å². The largest absolute Gasteiger partial charge is 0.484 e. The van der Waals surface area contributed by atoms with Crippen molar-refractivity contribution in [2.45, 2.75) is 32.5 Å². The molecule has 2 amide bonds. The third-order valence-electron chi connectivity index (χ3n) is 4.30. The van der Waals surface area contributed by atoms with Gasteiger partial charge in [0.25, 0.3) is 5.91 Å². The van der Waals surface area contributed by atoms with Gasteiger partial charge in [0.15, 0.2) is 23.3 Å². The Morgan fingerprint density at radius 3 is 2.63 bits per heavy atom. The Hall–Kier alpha value is -3.27. The molecule has 3 rings (SSSR count). The first kappa shape index (κ1) is 21.4. The molecule has 9 nitrogen and oxygen atoms in total. The summed E-state index contributed by atoms with van der Waals surface area (Å²) >= 11 is 1.22. The highest BCUT2D eigenvalue weighted by Gasteiger charge is 2.16. The second-order valence-corrected chi connectivity index (χ2v) is 7.39. The average molecular weight is 430 g/mol. The number of carbonyl (C=O) groups is 2. The van der Waals surface area contributed by atoms with Gasteiger partial charge < -0.3 is 9.15 Å². The van der Waals surface area contributed by atoms with Crippen LogP contribution in [0.1, 0.15) is 18.1 Å². The molecule has 0 saturated carbocycles. The van der Waals surface area contributed by atoms with Gasteiger partial charge in [-0.15, -0.1) is 10.2 Å². The van der Waals surface area contributed by atoms with Crippen molar-refractivity contribution in [1.82, 2.24) is 25.6 Å². The Balaban J connectivity index is 1.43. The van der Waals surface area contributed by atoms with E-state index in [2.05, 4.69) is 21.0 Å². The van der Waals surface area contributed by atoms with Crippen LogP contribution in [-0.2, 0) is 16.1 Å². The number of aromatic nitrogens is 3. The lowest BCUT2D eigenvalue weighted by molar-refractivity contribution is -0.128. The van der Waals surface area contributed by atoms with Gasteiger partial charge >= 0.3 is 0 Å². The summed E-state index contributed by atoms with van der Waals surface area (Å²) in [5.74, 6) is 1.04. The molecular weight excluding hydrogens is 406 g/mol. The number of carbonyl (C=O) groups excluding carboxylic acids is 2. The first-order valence-electron chi connectivity index (χ1n) is 9.35. The zero-order chi connectivity index (χ0) is 21.5. The summed E-state index contributed by atoms with van der Waals surface area (Å²) in [6.07, 6.45) is 1.57. The number of thioether (sulfide) groups is 1. The topological polar surface area (TPSA) is 111 Å². The normalized spacial score (nSPS) is 10.6. The van der Waals surface area contributed by atoms with Crippen molar-refractivity contribution in [1.29, 1.82) is 0 Å². The minimum Gasteiger partial charge on any atom is -0.484 e. The van der Waals surface area contributed by atoms with Crippen LogP contribution in [0.2, 0.25) is 0 Å². The second kappa shape index (κ2) is 9.97. The molecule has 0 bridgehead atoms. The fourth-order valence-corrected chi connectivity index (χ4v) is 3.37. The number of ether oxygens (including phenoxy) is 1. The minimum absolute atomic E-state index is 0.0641. The van der Waals surface area contributed by atoms with Crippen LogP contribution in [-0.4, -0.2) is 38.9 Å². The molecule has 0 radical (unpaired) electrons. The van der Waals surface area contributed by atoms with Crippen LogP contribution < -0.4 is 15.6 Å². The number of nitrogens with one attached hydrogen (secondary N) is 2. The first-order valence-corrected chi connectivity index (χ1v) is 10.3. The van der Waals surface area contributed by atoms with Gasteiger partial charge in [0.05, 0.1) is 12.0 Å². The van der Waals surface area contributed by atoms with Crippen molar-refractivity contribution >= 4 is 23.6 Å². The maximum atomic E-state index is 12.0. The highest BCUT2D eigenvalue weighted by molar-refractivity contribution is 7.99. The predicted molar refractivity (Wildman–Crippen MR) is 112 cm³/mol. The molecule has 0 fully saturated rings. The Labute approximate surface area is 178 Å². The number of rotatable bonds is 8. The van der Waals surface area contributed by atoms with Crippen molar-refractivity contribution < 1.29 is 18.7 Å². The highest BCUT2D eigenvalue weighted by atomic mass is 32.2. The molecule has 3 aromatic rings.